The maximum absolute atomic E-state index is 11.6. The van der Waals surface area contributed by atoms with E-state index in [1.165, 1.54) is 12.1 Å². The second-order valence-electron chi connectivity index (χ2n) is 2.94. The van der Waals surface area contributed by atoms with E-state index in [1.54, 1.807) is 18.2 Å². The number of benzene rings is 1. The van der Waals surface area contributed by atoms with E-state index in [1.807, 2.05) is 0 Å². The second-order valence-corrected chi connectivity index (χ2v) is 2.94. The molecule has 1 aromatic carbocycles. The fourth-order valence-corrected chi connectivity index (χ4v) is 1.37. The van der Waals surface area contributed by atoms with Crippen LogP contribution >= 0.6 is 0 Å². The highest BCUT2D eigenvalue weighted by Crippen LogP contribution is 2.13. The van der Waals surface area contributed by atoms with Gasteiger partial charge in [0.25, 0.3) is 0 Å². The summed E-state index contributed by atoms with van der Waals surface area (Å²) in [5, 5.41) is 18.3. The number of hydrogen-bond acceptors (Lipinski definition) is 4. The number of nitrogens with two attached hydrogens (primary N) is 1. The summed E-state index contributed by atoms with van der Waals surface area (Å²) in [6, 6.07) is 7.97. The van der Waals surface area contributed by atoms with Gasteiger partial charge in [-0.3, -0.25) is 5.73 Å². The predicted octanol–water partition coefficient (Wildman–Crippen LogP) is 0.247. The Kier molecular flexibility index (Phi) is 1.80. The van der Waals surface area contributed by atoms with E-state index in [0.29, 0.717) is 9.16 Å². The highest BCUT2D eigenvalue weighted by atomic mass is 16.5. The summed E-state index contributed by atoms with van der Waals surface area (Å²) in [6.45, 7) is 0. The number of hydrogen-bond donors (Lipinski definition) is 2. The molecule has 74 valence electrons. The van der Waals surface area contributed by atoms with Crippen molar-refractivity contribution in [1.29, 1.82) is 5.26 Å². The average Bonchev–Trinajstić information content (AvgIpc) is 2.27. The van der Waals surface area contributed by atoms with Gasteiger partial charge in [0.1, 0.15) is 11.6 Å². The Balaban J connectivity index is 3.12. The molecule has 6 heteroatoms. The van der Waals surface area contributed by atoms with Crippen molar-refractivity contribution in [2.24, 2.45) is 0 Å². The molecule has 0 saturated heterocycles. The van der Waals surface area contributed by atoms with Crippen molar-refractivity contribution in [2.45, 2.75) is 0 Å². The standard InChI is InChI=1S/C9H7N4O2/c10-5-8-9(11)13(15)7-4-2-1-3-6(7)12(8)14/h1-4,14H,11H2/q+1. The van der Waals surface area contributed by atoms with Crippen molar-refractivity contribution in [3.63, 3.8) is 0 Å². The van der Waals surface area contributed by atoms with Gasteiger partial charge in [-0.25, -0.2) is 0 Å². The molecule has 0 atom stereocenters. The van der Waals surface area contributed by atoms with E-state index in [4.69, 9.17) is 11.0 Å². The third-order valence-corrected chi connectivity index (χ3v) is 2.11. The van der Waals surface area contributed by atoms with Crippen LogP contribution in [0, 0.1) is 16.2 Å². The Morgan fingerprint density at radius 1 is 1.47 bits per heavy atom. The monoisotopic (exact) mass is 203 g/mol. The summed E-state index contributed by atoms with van der Waals surface area (Å²) in [7, 11) is 0. The molecule has 0 unspecified atom stereocenters. The SMILES string of the molecule is N#Cc1c(N)[n+](=O)c2ccccc2n1O. The van der Waals surface area contributed by atoms with Gasteiger partial charge < -0.3 is 5.21 Å². The summed E-state index contributed by atoms with van der Waals surface area (Å²) in [5.41, 5.74) is 5.57. The third-order valence-electron chi connectivity index (χ3n) is 2.11. The lowest BCUT2D eigenvalue weighted by Crippen LogP contribution is -2.26. The Bertz CT molecular complexity index is 639. The third kappa shape index (κ3) is 1.10. The van der Waals surface area contributed by atoms with Gasteiger partial charge in [-0.05, 0) is 12.1 Å². The first-order valence-corrected chi connectivity index (χ1v) is 4.12. The normalized spacial score (nSPS) is 10.1. The Morgan fingerprint density at radius 2 is 2.13 bits per heavy atom. The molecule has 0 bridgehead atoms. The summed E-state index contributed by atoms with van der Waals surface area (Å²) >= 11 is 0. The molecule has 0 amide bonds. The van der Waals surface area contributed by atoms with Crippen molar-refractivity contribution in [2.75, 3.05) is 5.73 Å². The van der Waals surface area contributed by atoms with Crippen molar-refractivity contribution in [3.8, 4) is 6.07 Å². The molecule has 1 heterocycles. The van der Waals surface area contributed by atoms with Gasteiger partial charge in [-0.1, -0.05) is 17.0 Å². The molecule has 0 aliphatic rings. The molecule has 2 rings (SSSR count). The lowest BCUT2D eigenvalue weighted by atomic mass is 10.3. The first kappa shape index (κ1) is 9.02. The van der Waals surface area contributed by atoms with E-state index >= 15 is 0 Å². The van der Waals surface area contributed by atoms with Crippen molar-refractivity contribution < 1.29 is 9.63 Å². The molecular formula is C9H7N4O2+. The molecule has 0 aliphatic carbocycles. The van der Waals surface area contributed by atoms with Crippen LogP contribution in [0.5, 0.6) is 0 Å². The molecule has 6 nitrogen and oxygen atoms in total. The molecule has 0 spiro atoms. The zero-order valence-corrected chi connectivity index (χ0v) is 7.58. The van der Waals surface area contributed by atoms with Crippen LogP contribution < -0.4 is 10.2 Å². The summed E-state index contributed by atoms with van der Waals surface area (Å²) in [5.74, 6) is -0.321. The average molecular weight is 203 g/mol. The molecule has 0 aliphatic heterocycles. The van der Waals surface area contributed by atoms with Gasteiger partial charge >= 0.3 is 5.82 Å². The Hall–Kier alpha value is -2.55. The van der Waals surface area contributed by atoms with Crippen LogP contribution in [0.25, 0.3) is 11.0 Å². The van der Waals surface area contributed by atoms with Gasteiger partial charge in [0, 0.05) is 4.43 Å². The summed E-state index contributed by atoms with van der Waals surface area (Å²) in [6.07, 6.45) is 0. The van der Waals surface area contributed by atoms with E-state index in [2.05, 4.69) is 0 Å². The molecule has 0 fully saturated rings. The van der Waals surface area contributed by atoms with Crippen LogP contribution in [0.4, 0.5) is 5.82 Å². The van der Waals surface area contributed by atoms with Crippen LogP contribution in [0.15, 0.2) is 24.3 Å². The minimum Gasteiger partial charge on any atom is -0.427 e. The number of para-hydroxylation sites is 2. The van der Waals surface area contributed by atoms with Gasteiger partial charge in [0.15, 0.2) is 0 Å². The van der Waals surface area contributed by atoms with E-state index in [9.17, 15) is 10.1 Å². The number of rotatable bonds is 0. The largest absolute Gasteiger partial charge is 0.427 e. The maximum atomic E-state index is 11.6. The molecule has 1 aromatic heterocycles. The molecule has 15 heavy (non-hydrogen) atoms. The Morgan fingerprint density at radius 3 is 2.80 bits per heavy atom. The second kappa shape index (κ2) is 2.99. The van der Waals surface area contributed by atoms with Crippen LogP contribution in [0.2, 0.25) is 0 Å². The van der Waals surface area contributed by atoms with E-state index < -0.39 is 0 Å². The highest BCUT2D eigenvalue weighted by Gasteiger charge is 2.19. The van der Waals surface area contributed by atoms with Gasteiger partial charge in [0.2, 0.25) is 11.2 Å². The van der Waals surface area contributed by atoms with Crippen LogP contribution in [-0.4, -0.2) is 9.94 Å². The summed E-state index contributed by atoms with van der Waals surface area (Å²) in [4.78, 5) is 11.6. The number of anilines is 1. The smallest absolute Gasteiger partial charge is 0.356 e. The van der Waals surface area contributed by atoms with Gasteiger partial charge in [-0.2, -0.15) is 9.99 Å². The minimum absolute atomic E-state index is 0.205. The predicted molar refractivity (Wildman–Crippen MR) is 51.6 cm³/mol. The maximum Gasteiger partial charge on any atom is 0.356 e. The van der Waals surface area contributed by atoms with E-state index in [0.717, 1.165) is 0 Å². The van der Waals surface area contributed by atoms with Gasteiger partial charge in [0.05, 0.1) is 0 Å². The zero-order valence-electron chi connectivity index (χ0n) is 7.58. The quantitative estimate of drug-likeness (QED) is 0.473. The van der Waals surface area contributed by atoms with Gasteiger partial charge in [-0.15, -0.1) is 0 Å². The fraction of sp³-hybridized carbons (Fsp3) is 0. The number of nitriles is 1. The molecule has 0 saturated carbocycles. The Labute approximate surface area is 84.0 Å². The highest BCUT2D eigenvalue weighted by molar-refractivity contribution is 5.73. The van der Waals surface area contributed by atoms with E-state index in [-0.39, 0.29) is 22.5 Å². The van der Waals surface area contributed by atoms with Crippen molar-refractivity contribution in [1.82, 2.24) is 4.73 Å². The molecule has 2 aromatic rings. The van der Waals surface area contributed by atoms with Crippen molar-refractivity contribution in [3.05, 3.63) is 34.9 Å². The topological polar surface area (TPSA) is 97.9 Å². The zero-order chi connectivity index (χ0) is 11.0. The number of aromatic nitrogens is 2. The van der Waals surface area contributed by atoms with Crippen LogP contribution in [0.3, 0.4) is 0 Å². The summed E-state index contributed by atoms with van der Waals surface area (Å²) < 4.78 is 1.03. The van der Waals surface area contributed by atoms with Crippen LogP contribution in [-0.2, 0) is 0 Å². The molecule has 3 N–H and O–H groups in total. The van der Waals surface area contributed by atoms with Crippen LogP contribution in [0.1, 0.15) is 5.69 Å². The van der Waals surface area contributed by atoms with Crippen molar-refractivity contribution >= 4 is 16.9 Å². The molecule has 0 radical (unpaired) electrons. The lowest BCUT2D eigenvalue weighted by Gasteiger charge is -2.02. The first-order chi connectivity index (χ1) is 7.16. The number of fused-ring (bicyclic) bond motifs is 1. The number of nitrogens with zero attached hydrogens (tertiary/aromatic N) is 3. The lowest BCUT2D eigenvalue weighted by molar-refractivity contribution is -0.448. The molecular weight excluding hydrogens is 196 g/mol. The first-order valence-electron chi connectivity index (χ1n) is 4.12. The fourth-order valence-electron chi connectivity index (χ4n) is 1.37. The number of nitrogen functional groups attached to an aromatic ring is 1. The minimum atomic E-state index is -0.321.